The Balaban J connectivity index is 1.71. The standard InChI is InChI=1S/C15H16ClN3O/c1-9-14(10(2)20-19-9)8-17-6-11-7-18-15-5-12(16)3-4-13(11)15/h3-5,7,17-18H,6,8H2,1-2H3. The molecule has 0 saturated carbocycles. The van der Waals surface area contributed by atoms with Crippen molar-refractivity contribution in [2.45, 2.75) is 26.9 Å². The molecule has 2 N–H and O–H groups in total. The lowest BCUT2D eigenvalue weighted by molar-refractivity contribution is 0.392. The van der Waals surface area contributed by atoms with Crippen LogP contribution in [-0.4, -0.2) is 10.1 Å². The highest BCUT2D eigenvalue weighted by atomic mass is 35.5. The highest BCUT2D eigenvalue weighted by molar-refractivity contribution is 6.31. The van der Waals surface area contributed by atoms with Gasteiger partial charge in [-0.3, -0.25) is 0 Å². The van der Waals surface area contributed by atoms with Gasteiger partial charge in [-0.15, -0.1) is 0 Å². The highest BCUT2D eigenvalue weighted by Crippen LogP contribution is 2.22. The number of H-pyrrole nitrogens is 1. The van der Waals surface area contributed by atoms with Crippen LogP contribution in [0.25, 0.3) is 10.9 Å². The lowest BCUT2D eigenvalue weighted by atomic mass is 10.1. The van der Waals surface area contributed by atoms with E-state index >= 15 is 0 Å². The summed E-state index contributed by atoms with van der Waals surface area (Å²) in [6.07, 6.45) is 2.02. The number of rotatable bonds is 4. The Morgan fingerprint density at radius 2 is 2.15 bits per heavy atom. The number of aromatic nitrogens is 2. The monoisotopic (exact) mass is 289 g/mol. The van der Waals surface area contributed by atoms with Crippen LogP contribution in [0.15, 0.2) is 28.9 Å². The number of fused-ring (bicyclic) bond motifs is 1. The van der Waals surface area contributed by atoms with Crippen molar-refractivity contribution in [1.29, 1.82) is 0 Å². The smallest absolute Gasteiger partial charge is 0.138 e. The second-order valence-electron chi connectivity index (χ2n) is 4.91. The Morgan fingerprint density at radius 3 is 2.90 bits per heavy atom. The van der Waals surface area contributed by atoms with E-state index in [9.17, 15) is 0 Å². The van der Waals surface area contributed by atoms with Crippen molar-refractivity contribution in [2.75, 3.05) is 0 Å². The molecule has 0 aliphatic rings. The Bertz CT molecular complexity index is 725. The van der Waals surface area contributed by atoms with E-state index in [2.05, 4.69) is 15.5 Å². The first-order valence-corrected chi connectivity index (χ1v) is 6.91. The maximum Gasteiger partial charge on any atom is 0.138 e. The van der Waals surface area contributed by atoms with Gasteiger partial charge in [0.2, 0.25) is 0 Å². The van der Waals surface area contributed by atoms with E-state index in [1.165, 1.54) is 10.9 Å². The van der Waals surface area contributed by atoms with E-state index in [4.69, 9.17) is 16.1 Å². The largest absolute Gasteiger partial charge is 0.361 e. The lowest BCUT2D eigenvalue weighted by Gasteiger charge is -2.03. The summed E-state index contributed by atoms with van der Waals surface area (Å²) in [5.74, 6) is 0.876. The van der Waals surface area contributed by atoms with Crippen LogP contribution in [0.4, 0.5) is 0 Å². The lowest BCUT2D eigenvalue weighted by Crippen LogP contribution is -2.13. The quantitative estimate of drug-likeness (QED) is 0.770. The van der Waals surface area contributed by atoms with Gasteiger partial charge in [-0.25, -0.2) is 0 Å². The van der Waals surface area contributed by atoms with E-state index in [1.54, 1.807) is 0 Å². The van der Waals surface area contributed by atoms with Gasteiger partial charge < -0.3 is 14.8 Å². The van der Waals surface area contributed by atoms with E-state index in [0.717, 1.165) is 40.6 Å². The molecule has 2 heterocycles. The van der Waals surface area contributed by atoms with Gasteiger partial charge >= 0.3 is 0 Å². The molecular formula is C15H16ClN3O. The molecule has 4 nitrogen and oxygen atoms in total. The average Bonchev–Trinajstić information content (AvgIpc) is 2.96. The minimum atomic E-state index is 0.745. The van der Waals surface area contributed by atoms with Crippen LogP contribution in [0.3, 0.4) is 0 Å². The molecule has 0 saturated heterocycles. The zero-order chi connectivity index (χ0) is 14.1. The van der Waals surface area contributed by atoms with Crippen molar-refractivity contribution < 1.29 is 4.52 Å². The topological polar surface area (TPSA) is 53.9 Å². The van der Waals surface area contributed by atoms with Gasteiger partial charge in [-0.05, 0) is 31.5 Å². The van der Waals surface area contributed by atoms with Crippen molar-refractivity contribution in [3.05, 3.63) is 52.0 Å². The minimum absolute atomic E-state index is 0.745. The van der Waals surface area contributed by atoms with Crippen LogP contribution in [0.2, 0.25) is 5.02 Å². The van der Waals surface area contributed by atoms with Crippen molar-refractivity contribution in [1.82, 2.24) is 15.5 Å². The van der Waals surface area contributed by atoms with Gasteiger partial charge in [0.25, 0.3) is 0 Å². The first-order valence-electron chi connectivity index (χ1n) is 6.53. The molecule has 104 valence electrons. The van der Waals surface area contributed by atoms with Crippen LogP contribution in [0.1, 0.15) is 22.6 Å². The molecule has 0 spiro atoms. The number of benzene rings is 1. The molecule has 0 fully saturated rings. The summed E-state index contributed by atoms with van der Waals surface area (Å²) in [5.41, 5.74) is 4.36. The maximum atomic E-state index is 5.98. The molecule has 0 unspecified atom stereocenters. The predicted molar refractivity (Wildman–Crippen MR) is 79.8 cm³/mol. The Hall–Kier alpha value is -1.78. The van der Waals surface area contributed by atoms with Gasteiger partial charge in [-0.2, -0.15) is 0 Å². The van der Waals surface area contributed by atoms with Gasteiger partial charge in [0.05, 0.1) is 5.69 Å². The molecule has 3 rings (SSSR count). The minimum Gasteiger partial charge on any atom is -0.361 e. The molecule has 5 heteroatoms. The van der Waals surface area contributed by atoms with Gasteiger partial charge in [-0.1, -0.05) is 22.8 Å². The number of aromatic amines is 1. The second-order valence-corrected chi connectivity index (χ2v) is 5.35. The molecule has 0 atom stereocenters. The first kappa shape index (κ1) is 13.2. The van der Waals surface area contributed by atoms with Crippen molar-refractivity contribution in [3.63, 3.8) is 0 Å². The second kappa shape index (κ2) is 5.31. The predicted octanol–water partition coefficient (Wildman–Crippen LogP) is 3.72. The maximum absolute atomic E-state index is 5.98. The van der Waals surface area contributed by atoms with E-state index in [-0.39, 0.29) is 0 Å². The molecule has 0 bridgehead atoms. The molecule has 2 aromatic heterocycles. The number of halogens is 1. The SMILES string of the molecule is Cc1noc(C)c1CNCc1c[nH]c2cc(Cl)ccc12. The van der Waals surface area contributed by atoms with E-state index in [1.807, 2.05) is 38.2 Å². The van der Waals surface area contributed by atoms with Crippen LogP contribution in [-0.2, 0) is 13.1 Å². The third-order valence-corrected chi connectivity index (χ3v) is 3.76. The van der Waals surface area contributed by atoms with E-state index < -0.39 is 0 Å². The number of hydrogen-bond acceptors (Lipinski definition) is 3. The van der Waals surface area contributed by atoms with Crippen LogP contribution >= 0.6 is 11.6 Å². The molecule has 3 aromatic rings. The van der Waals surface area contributed by atoms with Crippen molar-refractivity contribution in [3.8, 4) is 0 Å². The molecule has 20 heavy (non-hydrogen) atoms. The van der Waals surface area contributed by atoms with Gasteiger partial charge in [0.15, 0.2) is 0 Å². The van der Waals surface area contributed by atoms with E-state index in [0.29, 0.717) is 0 Å². The summed E-state index contributed by atoms with van der Waals surface area (Å²) in [4.78, 5) is 3.24. The highest BCUT2D eigenvalue weighted by Gasteiger charge is 2.09. The number of nitrogens with zero attached hydrogens (tertiary/aromatic N) is 1. The molecular weight excluding hydrogens is 274 g/mol. The van der Waals surface area contributed by atoms with Crippen molar-refractivity contribution in [2.24, 2.45) is 0 Å². The molecule has 1 aromatic carbocycles. The fraction of sp³-hybridized carbons (Fsp3) is 0.267. The first-order chi connectivity index (χ1) is 9.65. The number of nitrogens with one attached hydrogen (secondary N) is 2. The van der Waals surface area contributed by atoms with Crippen LogP contribution in [0, 0.1) is 13.8 Å². The third kappa shape index (κ3) is 2.44. The summed E-state index contributed by atoms with van der Waals surface area (Å²) in [6, 6.07) is 5.89. The average molecular weight is 290 g/mol. The van der Waals surface area contributed by atoms with Crippen LogP contribution in [0.5, 0.6) is 0 Å². The summed E-state index contributed by atoms with van der Waals surface area (Å²) < 4.78 is 5.16. The summed E-state index contributed by atoms with van der Waals surface area (Å²) >= 11 is 5.98. The molecule has 0 amide bonds. The fourth-order valence-electron chi connectivity index (χ4n) is 2.38. The Kier molecular flexibility index (Phi) is 3.51. The summed E-state index contributed by atoms with van der Waals surface area (Å²) in [7, 11) is 0. The fourth-order valence-corrected chi connectivity index (χ4v) is 2.55. The Labute approximate surface area is 122 Å². The molecule has 0 radical (unpaired) electrons. The van der Waals surface area contributed by atoms with Crippen molar-refractivity contribution >= 4 is 22.5 Å². The molecule has 0 aliphatic carbocycles. The zero-order valence-corrected chi connectivity index (χ0v) is 12.2. The van der Waals surface area contributed by atoms with Gasteiger partial charge in [0.1, 0.15) is 5.76 Å². The summed E-state index contributed by atoms with van der Waals surface area (Å²) in [5, 5.41) is 9.32. The zero-order valence-electron chi connectivity index (χ0n) is 11.5. The summed E-state index contributed by atoms with van der Waals surface area (Å²) in [6.45, 7) is 5.43. The number of aryl methyl sites for hydroxylation is 2. The van der Waals surface area contributed by atoms with Gasteiger partial charge in [0, 0.05) is 40.8 Å². The Morgan fingerprint density at radius 1 is 1.30 bits per heavy atom. The normalized spacial score (nSPS) is 11.3. The third-order valence-electron chi connectivity index (χ3n) is 3.53. The van der Waals surface area contributed by atoms with Crippen LogP contribution < -0.4 is 5.32 Å². The molecule has 0 aliphatic heterocycles. The number of hydrogen-bond donors (Lipinski definition) is 2.